The second-order valence-electron chi connectivity index (χ2n) is 4.28. The fourth-order valence-electron chi connectivity index (χ4n) is 1.78. The van der Waals surface area contributed by atoms with Gasteiger partial charge in [0, 0.05) is 18.2 Å². The topological polar surface area (TPSA) is 48.4 Å². The maximum absolute atomic E-state index is 11.5. The molecule has 0 amide bonds. The first kappa shape index (κ1) is 15.0. The Morgan fingerprint density at radius 1 is 1.25 bits per heavy atom. The monoisotopic (exact) mass is 313 g/mol. The lowest BCUT2D eigenvalue weighted by Gasteiger charge is -2.11. The molecule has 0 bridgehead atoms. The third kappa shape index (κ3) is 3.20. The molecular formula is C14H13Cl2NO3. The van der Waals surface area contributed by atoms with E-state index in [9.17, 15) is 4.79 Å². The highest BCUT2D eigenvalue weighted by molar-refractivity contribution is 6.39. The molecule has 0 saturated carbocycles. The van der Waals surface area contributed by atoms with Gasteiger partial charge in [-0.1, -0.05) is 23.2 Å². The number of Topliss-reactive ketones (excluding diaryl/α,β-unsaturated/α-hetero) is 1. The standard InChI is InChI=1S/C14H13Cl2NO3/c1-8-3-4-10-11(15)5-12(16)14(13(10)17-8)20-7-9(18)6-19-2/h3-5H,6-7H2,1-2H3. The molecule has 1 heterocycles. The smallest absolute Gasteiger partial charge is 0.195 e. The highest BCUT2D eigenvalue weighted by atomic mass is 35.5. The van der Waals surface area contributed by atoms with E-state index in [1.165, 1.54) is 7.11 Å². The summed E-state index contributed by atoms with van der Waals surface area (Å²) in [6.07, 6.45) is 0. The van der Waals surface area contributed by atoms with Gasteiger partial charge in [0.2, 0.25) is 0 Å². The number of carbonyl (C=O) groups is 1. The summed E-state index contributed by atoms with van der Waals surface area (Å²) < 4.78 is 10.2. The summed E-state index contributed by atoms with van der Waals surface area (Å²) in [6, 6.07) is 5.28. The molecule has 106 valence electrons. The number of hydrogen-bond donors (Lipinski definition) is 0. The fraction of sp³-hybridized carbons (Fsp3) is 0.286. The predicted octanol–water partition coefficient (Wildman–Crippen LogP) is 3.44. The Kier molecular flexibility index (Phi) is 4.81. The van der Waals surface area contributed by atoms with Gasteiger partial charge in [-0.3, -0.25) is 4.79 Å². The van der Waals surface area contributed by atoms with Crippen molar-refractivity contribution in [3.05, 3.63) is 33.9 Å². The van der Waals surface area contributed by atoms with Crippen LogP contribution in [0.5, 0.6) is 5.75 Å². The van der Waals surface area contributed by atoms with Crippen LogP contribution in [0.2, 0.25) is 10.0 Å². The Hall–Kier alpha value is -1.36. The van der Waals surface area contributed by atoms with E-state index in [2.05, 4.69) is 4.98 Å². The predicted molar refractivity (Wildman–Crippen MR) is 78.9 cm³/mol. The average Bonchev–Trinajstić information content (AvgIpc) is 2.38. The fourth-order valence-corrected chi connectivity index (χ4v) is 2.35. The van der Waals surface area contributed by atoms with Gasteiger partial charge in [0.15, 0.2) is 11.5 Å². The number of carbonyl (C=O) groups excluding carboxylic acids is 1. The molecular weight excluding hydrogens is 301 g/mol. The molecule has 0 atom stereocenters. The zero-order valence-electron chi connectivity index (χ0n) is 11.1. The van der Waals surface area contributed by atoms with Gasteiger partial charge in [0.1, 0.15) is 18.7 Å². The molecule has 6 heteroatoms. The van der Waals surface area contributed by atoms with Gasteiger partial charge in [-0.15, -0.1) is 0 Å². The van der Waals surface area contributed by atoms with Crippen LogP contribution in [0, 0.1) is 6.92 Å². The second kappa shape index (κ2) is 6.39. The number of aromatic nitrogens is 1. The molecule has 0 spiro atoms. The van der Waals surface area contributed by atoms with Crippen molar-refractivity contribution in [1.82, 2.24) is 4.98 Å². The molecule has 1 aromatic heterocycles. The van der Waals surface area contributed by atoms with E-state index in [0.717, 1.165) is 11.1 Å². The van der Waals surface area contributed by atoms with Crippen molar-refractivity contribution in [2.24, 2.45) is 0 Å². The summed E-state index contributed by atoms with van der Waals surface area (Å²) in [4.78, 5) is 15.8. The van der Waals surface area contributed by atoms with E-state index in [0.29, 0.717) is 21.3 Å². The molecule has 20 heavy (non-hydrogen) atoms. The van der Waals surface area contributed by atoms with Crippen LogP contribution in [0.15, 0.2) is 18.2 Å². The molecule has 0 aliphatic rings. The number of pyridine rings is 1. The third-order valence-electron chi connectivity index (χ3n) is 2.66. The van der Waals surface area contributed by atoms with Crippen LogP contribution in [-0.2, 0) is 9.53 Å². The Labute approximate surface area is 126 Å². The molecule has 2 aromatic rings. The highest BCUT2D eigenvalue weighted by Gasteiger charge is 2.14. The Morgan fingerprint density at radius 2 is 2.00 bits per heavy atom. The van der Waals surface area contributed by atoms with Crippen molar-refractivity contribution in [2.75, 3.05) is 20.3 Å². The lowest BCUT2D eigenvalue weighted by molar-refractivity contribution is -0.124. The minimum Gasteiger partial charge on any atom is -0.482 e. The number of ether oxygens (including phenoxy) is 2. The maximum atomic E-state index is 11.5. The van der Waals surface area contributed by atoms with E-state index in [1.54, 1.807) is 6.07 Å². The summed E-state index contributed by atoms with van der Waals surface area (Å²) in [5, 5.41) is 1.55. The molecule has 0 N–H and O–H groups in total. The molecule has 4 nitrogen and oxygen atoms in total. The van der Waals surface area contributed by atoms with E-state index in [1.807, 2.05) is 19.1 Å². The normalized spacial score (nSPS) is 10.8. The third-order valence-corrected chi connectivity index (χ3v) is 3.25. The first-order valence-corrected chi connectivity index (χ1v) is 6.67. The molecule has 0 radical (unpaired) electrons. The van der Waals surface area contributed by atoms with Gasteiger partial charge in [0.05, 0.1) is 10.0 Å². The molecule has 2 rings (SSSR count). The number of benzene rings is 1. The summed E-state index contributed by atoms with van der Waals surface area (Å²) in [5.41, 5.74) is 1.36. The summed E-state index contributed by atoms with van der Waals surface area (Å²) in [7, 11) is 1.45. The zero-order chi connectivity index (χ0) is 14.7. The molecule has 0 aliphatic carbocycles. The SMILES string of the molecule is COCC(=O)COc1c(Cl)cc(Cl)c2ccc(C)nc12. The first-order chi connectivity index (χ1) is 9.52. The van der Waals surface area contributed by atoms with Crippen molar-refractivity contribution in [3.63, 3.8) is 0 Å². The van der Waals surface area contributed by atoms with Crippen LogP contribution < -0.4 is 4.74 Å². The zero-order valence-corrected chi connectivity index (χ0v) is 12.6. The van der Waals surface area contributed by atoms with Crippen LogP contribution in [-0.4, -0.2) is 31.1 Å². The van der Waals surface area contributed by atoms with Crippen molar-refractivity contribution < 1.29 is 14.3 Å². The van der Waals surface area contributed by atoms with E-state index in [-0.39, 0.29) is 19.0 Å². The van der Waals surface area contributed by atoms with Crippen molar-refractivity contribution >= 4 is 39.9 Å². The summed E-state index contributed by atoms with van der Waals surface area (Å²) >= 11 is 12.3. The Balaban J connectivity index is 2.41. The number of methoxy groups -OCH3 is 1. The van der Waals surface area contributed by atoms with Crippen LogP contribution in [0.3, 0.4) is 0 Å². The van der Waals surface area contributed by atoms with Crippen LogP contribution >= 0.6 is 23.2 Å². The largest absolute Gasteiger partial charge is 0.482 e. The minimum absolute atomic E-state index is 0.00437. The first-order valence-electron chi connectivity index (χ1n) is 5.91. The van der Waals surface area contributed by atoms with Crippen LogP contribution in [0.4, 0.5) is 0 Å². The van der Waals surface area contributed by atoms with E-state index < -0.39 is 0 Å². The molecule has 0 unspecified atom stereocenters. The lowest BCUT2D eigenvalue weighted by Crippen LogP contribution is -2.16. The number of aryl methyl sites for hydroxylation is 1. The van der Waals surface area contributed by atoms with Gasteiger partial charge in [-0.25, -0.2) is 4.98 Å². The minimum atomic E-state index is -0.181. The second-order valence-corrected chi connectivity index (χ2v) is 5.09. The number of halogens is 2. The quantitative estimate of drug-likeness (QED) is 0.848. The summed E-state index contributed by atoms with van der Waals surface area (Å²) in [5.74, 6) is 0.179. The van der Waals surface area contributed by atoms with Gasteiger partial charge in [0.25, 0.3) is 0 Å². The Morgan fingerprint density at radius 3 is 2.70 bits per heavy atom. The van der Waals surface area contributed by atoms with Gasteiger partial charge >= 0.3 is 0 Å². The van der Waals surface area contributed by atoms with Gasteiger partial charge in [-0.2, -0.15) is 0 Å². The van der Waals surface area contributed by atoms with Crippen LogP contribution in [0.25, 0.3) is 10.9 Å². The van der Waals surface area contributed by atoms with Crippen LogP contribution in [0.1, 0.15) is 5.69 Å². The molecule has 0 fully saturated rings. The van der Waals surface area contributed by atoms with Crippen molar-refractivity contribution in [2.45, 2.75) is 6.92 Å². The number of nitrogens with zero attached hydrogens (tertiary/aromatic N) is 1. The van der Waals surface area contributed by atoms with Gasteiger partial charge < -0.3 is 9.47 Å². The molecule has 0 aliphatic heterocycles. The molecule has 0 saturated heterocycles. The number of ketones is 1. The Bertz CT molecular complexity index is 658. The van der Waals surface area contributed by atoms with E-state index in [4.69, 9.17) is 32.7 Å². The van der Waals surface area contributed by atoms with E-state index >= 15 is 0 Å². The van der Waals surface area contributed by atoms with Gasteiger partial charge in [-0.05, 0) is 25.1 Å². The molecule has 1 aromatic carbocycles. The summed E-state index contributed by atoms with van der Waals surface area (Å²) in [6.45, 7) is 1.73. The maximum Gasteiger partial charge on any atom is 0.195 e. The number of fused-ring (bicyclic) bond motifs is 1. The average molecular weight is 314 g/mol. The van der Waals surface area contributed by atoms with Crippen molar-refractivity contribution in [1.29, 1.82) is 0 Å². The number of hydrogen-bond acceptors (Lipinski definition) is 4. The highest BCUT2D eigenvalue weighted by Crippen LogP contribution is 2.37. The lowest BCUT2D eigenvalue weighted by atomic mass is 10.2. The van der Waals surface area contributed by atoms with Crippen molar-refractivity contribution in [3.8, 4) is 5.75 Å². The number of rotatable bonds is 5.